The van der Waals surface area contributed by atoms with E-state index in [4.69, 9.17) is 16.2 Å². The Morgan fingerprint density at radius 2 is 2.46 bits per heavy atom. The third kappa shape index (κ3) is 2.22. The number of hydrogen-bond acceptors (Lipinski definition) is 2. The molecule has 70 valence electrons. The Hall–Kier alpha value is -1.02. The summed E-state index contributed by atoms with van der Waals surface area (Å²) >= 11 is 5.32. The quantitative estimate of drug-likeness (QED) is 0.636. The fraction of sp³-hybridized carbons (Fsp3) is 0.300. The molecule has 1 aliphatic carbocycles. The van der Waals surface area contributed by atoms with Gasteiger partial charge >= 0.3 is 0 Å². The van der Waals surface area contributed by atoms with E-state index in [2.05, 4.69) is 17.8 Å². The molecular weight excluding hydrogens is 186 g/mol. The smallest absolute Gasteiger partial charge is 0.149 e. The molecule has 0 aromatic carbocycles. The van der Waals surface area contributed by atoms with Gasteiger partial charge in [0.05, 0.1) is 0 Å². The van der Waals surface area contributed by atoms with Gasteiger partial charge in [-0.05, 0) is 25.6 Å². The van der Waals surface area contributed by atoms with Crippen molar-refractivity contribution in [3.8, 4) is 0 Å². The lowest BCUT2D eigenvalue weighted by Crippen LogP contribution is -1.98. The fourth-order valence-electron chi connectivity index (χ4n) is 1.32. The summed E-state index contributed by atoms with van der Waals surface area (Å²) < 4.78 is 4.71. The highest BCUT2D eigenvalue weighted by molar-refractivity contribution is 6.08. The molecule has 0 fully saturated rings. The second-order valence-electron chi connectivity index (χ2n) is 2.71. The van der Waals surface area contributed by atoms with Gasteiger partial charge in [0.2, 0.25) is 0 Å². The monoisotopic (exact) mass is 197 g/mol. The SMILES string of the molecule is C=NC1=C(OCl)CCC=C1/C=C\C. The van der Waals surface area contributed by atoms with Crippen molar-refractivity contribution in [1.29, 1.82) is 0 Å². The van der Waals surface area contributed by atoms with Crippen molar-refractivity contribution >= 4 is 18.6 Å². The summed E-state index contributed by atoms with van der Waals surface area (Å²) in [7, 11) is 0. The molecule has 3 heteroatoms. The van der Waals surface area contributed by atoms with Crippen LogP contribution in [-0.4, -0.2) is 6.72 Å². The van der Waals surface area contributed by atoms with Crippen molar-refractivity contribution in [3.63, 3.8) is 0 Å². The Kier molecular flexibility index (Phi) is 3.77. The minimum atomic E-state index is 0.701. The van der Waals surface area contributed by atoms with Crippen molar-refractivity contribution < 1.29 is 4.29 Å². The van der Waals surface area contributed by atoms with E-state index in [-0.39, 0.29) is 0 Å². The number of hydrogen-bond donors (Lipinski definition) is 0. The molecule has 1 rings (SSSR count). The van der Waals surface area contributed by atoms with Crippen LogP contribution in [0.3, 0.4) is 0 Å². The average Bonchev–Trinajstić information content (AvgIpc) is 2.18. The second kappa shape index (κ2) is 4.87. The van der Waals surface area contributed by atoms with Crippen molar-refractivity contribution in [3.05, 3.63) is 35.3 Å². The molecule has 0 N–H and O–H groups in total. The molecule has 0 saturated heterocycles. The summed E-state index contributed by atoms with van der Waals surface area (Å²) in [6.45, 7) is 5.45. The van der Waals surface area contributed by atoms with E-state index >= 15 is 0 Å². The van der Waals surface area contributed by atoms with Crippen LogP contribution in [0.1, 0.15) is 19.8 Å². The van der Waals surface area contributed by atoms with Crippen LogP contribution in [0.5, 0.6) is 0 Å². The number of allylic oxidation sites excluding steroid dienone is 4. The van der Waals surface area contributed by atoms with Crippen molar-refractivity contribution in [2.45, 2.75) is 19.8 Å². The molecule has 0 amide bonds. The molecule has 0 radical (unpaired) electrons. The molecule has 0 aliphatic heterocycles. The van der Waals surface area contributed by atoms with E-state index in [0.717, 1.165) is 24.1 Å². The minimum Gasteiger partial charge on any atom is -0.388 e. The summed E-state index contributed by atoms with van der Waals surface area (Å²) in [5, 5.41) is 0. The van der Waals surface area contributed by atoms with Crippen LogP contribution < -0.4 is 0 Å². The molecule has 2 nitrogen and oxygen atoms in total. The molecule has 0 atom stereocenters. The average molecular weight is 198 g/mol. The zero-order valence-electron chi connectivity index (χ0n) is 7.59. The van der Waals surface area contributed by atoms with Gasteiger partial charge < -0.3 is 4.29 Å². The van der Waals surface area contributed by atoms with Crippen LogP contribution in [0.4, 0.5) is 0 Å². The predicted molar refractivity (Wildman–Crippen MR) is 55.6 cm³/mol. The highest BCUT2D eigenvalue weighted by Crippen LogP contribution is 2.28. The van der Waals surface area contributed by atoms with E-state index < -0.39 is 0 Å². The molecule has 0 aromatic rings. The fourth-order valence-corrected chi connectivity index (χ4v) is 1.47. The summed E-state index contributed by atoms with van der Waals surface area (Å²) in [4.78, 5) is 3.90. The highest BCUT2D eigenvalue weighted by Gasteiger charge is 2.14. The molecule has 0 aromatic heterocycles. The lowest BCUT2D eigenvalue weighted by atomic mass is 10.0. The van der Waals surface area contributed by atoms with Crippen LogP contribution in [0.2, 0.25) is 0 Å². The Labute approximate surface area is 83.4 Å². The van der Waals surface area contributed by atoms with Gasteiger partial charge in [0.15, 0.2) is 0 Å². The molecule has 0 saturated carbocycles. The van der Waals surface area contributed by atoms with Crippen molar-refractivity contribution in [1.82, 2.24) is 0 Å². The Morgan fingerprint density at radius 3 is 3.00 bits per heavy atom. The largest absolute Gasteiger partial charge is 0.388 e. The first-order chi connectivity index (χ1) is 6.33. The molecule has 1 aliphatic rings. The van der Waals surface area contributed by atoms with Gasteiger partial charge in [-0.3, -0.25) is 4.99 Å². The molecule has 0 unspecified atom stereocenters. The van der Waals surface area contributed by atoms with E-state index in [1.807, 2.05) is 19.1 Å². The van der Waals surface area contributed by atoms with E-state index in [9.17, 15) is 0 Å². The summed E-state index contributed by atoms with van der Waals surface area (Å²) in [6, 6.07) is 0. The first kappa shape index (κ1) is 10.1. The first-order valence-corrected chi connectivity index (χ1v) is 4.46. The lowest BCUT2D eigenvalue weighted by Gasteiger charge is -2.13. The van der Waals surface area contributed by atoms with E-state index in [0.29, 0.717) is 5.76 Å². The number of aliphatic imine (C=N–C) groups is 1. The lowest BCUT2D eigenvalue weighted by molar-refractivity contribution is 0.436. The van der Waals surface area contributed by atoms with Gasteiger partial charge in [0.1, 0.15) is 23.3 Å². The Bertz CT molecular complexity index is 289. The van der Waals surface area contributed by atoms with Crippen LogP contribution in [0.25, 0.3) is 0 Å². The van der Waals surface area contributed by atoms with E-state index in [1.54, 1.807) is 0 Å². The van der Waals surface area contributed by atoms with Crippen LogP contribution in [0, 0.1) is 0 Å². The first-order valence-electron chi connectivity index (χ1n) is 4.15. The summed E-state index contributed by atoms with van der Waals surface area (Å²) in [5.41, 5.74) is 1.78. The molecule has 0 spiro atoms. The summed E-state index contributed by atoms with van der Waals surface area (Å²) in [6.07, 6.45) is 7.75. The van der Waals surface area contributed by atoms with Gasteiger partial charge in [0.25, 0.3) is 0 Å². The molecule has 13 heavy (non-hydrogen) atoms. The number of nitrogens with zero attached hydrogens (tertiary/aromatic N) is 1. The maximum atomic E-state index is 5.32. The second-order valence-corrected chi connectivity index (χ2v) is 2.86. The van der Waals surface area contributed by atoms with Gasteiger partial charge in [-0.25, -0.2) is 0 Å². The van der Waals surface area contributed by atoms with Crippen molar-refractivity contribution in [2.24, 2.45) is 4.99 Å². The standard InChI is InChI=1S/C10H12ClNO/c1-3-5-8-6-4-7-9(13-11)10(8)12-2/h3,5-6H,2,4,7H2,1H3/b5-3-. The number of halogens is 1. The Balaban J connectivity index is 3.02. The van der Waals surface area contributed by atoms with E-state index in [1.165, 1.54) is 0 Å². The van der Waals surface area contributed by atoms with Gasteiger partial charge in [-0.1, -0.05) is 18.2 Å². The van der Waals surface area contributed by atoms with Crippen LogP contribution in [-0.2, 0) is 4.29 Å². The van der Waals surface area contributed by atoms with Crippen molar-refractivity contribution in [2.75, 3.05) is 0 Å². The normalized spacial score (nSPS) is 17.5. The maximum absolute atomic E-state index is 5.32. The summed E-state index contributed by atoms with van der Waals surface area (Å²) in [5.74, 6) is 0.701. The maximum Gasteiger partial charge on any atom is 0.149 e. The number of rotatable bonds is 3. The van der Waals surface area contributed by atoms with Gasteiger partial charge in [-0.2, -0.15) is 0 Å². The van der Waals surface area contributed by atoms with Gasteiger partial charge in [0, 0.05) is 6.42 Å². The Morgan fingerprint density at radius 1 is 1.69 bits per heavy atom. The molecular formula is C10H12ClNO. The topological polar surface area (TPSA) is 21.6 Å². The zero-order valence-corrected chi connectivity index (χ0v) is 8.34. The van der Waals surface area contributed by atoms with Crippen LogP contribution >= 0.6 is 11.9 Å². The molecule has 0 heterocycles. The minimum absolute atomic E-state index is 0.701. The molecule has 0 bridgehead atoms. The highest BCUT2D eigenvalue weighted by atomic mass is 35.5. The van der Waals surface area contributed by atoms with Gasteiger partial charge in [-0.15, -0.1) is 0 Å². The zero-order chi connectivity index (χ0) is 9.68. The third-order valence-electron chi connectivity index (χ3n) is 1.87. The predicted octanol–water partition coefficient (Wildman–Crippen LogP) is 3.37. The third-order valence-corrected chi connectivity index (χ3v) is 2.06. The van der Waals surface area contributed by atoms with Crippen LogP contribution in [0.15, 0.2) is 40.2 Å².